The van der Waals surface area contributed by atoms with Gasteiger partial charge in [-0.25, -0.2) is 18.9 Å². The van der Waals surface area contributed by atoms with Gasteiger partial charge < -0.3 is 10.3 Å². The van der Waals surface area contributed by atoms with Crippen LogP contribution < -0.4 is 10.9 Å². The molecule has 3 heterocycles. The summed E-state index contributed by atoms with van der Waals surface area (Å²) in [7, 11) is 0. The van der Waals surface area contributed by atoms with Gasteiger partial charge in [0.15, 0.2) is 11.3 Å². The van der Waals surface area contributed by atoms with E-state index in [0.29, 0.717) is 23.0 Å². The number of halogens is 7. The summed E-state index contributed by atoms with van der Waals surface area (Å²) in [6.07, 6.45) is -7.14. The highest BCUT2D eigenvalue weighted by atomic mass is 19.4. The molecule has 15 heteroatoms. The molecule has 41 heavy (non-hydrogen) atoms. The fourth-order valence-electron chi connectivity index (χ4n) is 3.98. The lowest BCUT2D eigenvalue weighted by Crippen LogP contribution is -2.24. The molecule has 0 aliphatic carbocycles. The number of hydrogen-bond donors (Lipinski definition) is 2. The number of nitrogens with zero attached hydrogens (tertiary/aromatic N) is 4. The summed E-state index contributed by atoms with van der Waals surface area (Å²) in [5, 5.41) is 6.75. The van der Waals surface area contributed by atoms with Crippen molar-refractivity contribution in [3.8, 4) is 22.6 Å². The number of benzene rings is 2. The maximum Gasteiger partial charge on any atom is 0.433 e. The SMILES string of the molecule is O=C(NCc1ccc(C(F)(F)F)c(-c2nc(C(F)(F)F)cc(=O)[nH]2)c1F)c1ccc(-c2ccc3nccn3n2)cc1. The van der Waals surface area contributed by atoms with Crippen molar-refractivity contribution >= 4 is 11.6 Å². The van der Waals surface area contributed by atoms with Crippen LogP contribution in [0.2, 0.25) is 0 Å². The first-order valence-electron chi connectivity index (χ1n) is 11.6. The van der Waals surface area contributed by atoms with Crippen molar-refractivity contribution < 1.29 is 35.5 Å². The second kappa shape index (κ2) is 10.1. The van der Waals surface area contributed by atoms with Gasteiger partial charge in [-0.1, -0.05) is 18.2 Å². The van der Waals surface area contributed by atoms with E-state index in [1.807, 2.05) is 0 Å². The molecule has 0 bridgehead atoms. The molecule has 0 saturated heterocycles. The minimum absolute atomic E-state index is 0.0378. The first-order chi connectivity index (χ1) is 19.3. The van der Waals surface area contributed by atoms with Crippen LogP contribution in [0, 0.1) is 5.82 Å². The molecule has 0 radical (unpaired) electrons. The molecule has 0 fully saturated rings. The number of imidazole rings is 1. The Kier molecular flexibility index (Phi) is 6.80. The average Bonchev–Trinajstić information content (AvgIpc) is 3.39. The largest absolute Gasteiger partial charge is 0.433 e. The Morgan fingerprint density at radius 1 is 0.951 bits per heavy atom. The van der Waals surface area contributed by atoms with Crippen molar-refractivity contribution in [1.82, 2.24) is 29.9 Å². The summed E-state index contributed by atoms with van der Waals surface area (Å²) in [5.41, 5.74) is -4.75. The van der Waals surface area contributed by atoms with Crippen molar-refractivity contribution in [2.45, 2.75) is 18.9 Å². The third-order valence-corrected chi connectivity index (χ3v) is 5.93. The zero-order valence-corrected chi connectivity index (χ0v) is 20.3. The summed E-state index contributed by atoms with van der Waals surface area (Å²) < 4.78 is 97.3. The standard InChI is InChI=1S/C26H15F7N6O2/c27-22-15(5-6-16(25(28,29)30)21(22)23-36-18(26(31,32)33)11-20(40)37-23)12-35-24(41)14-3-1-13(2-4-14)17-7-8-19-34-9-10-39(19)38-17/h1-11H,12H2,(H,35,41)(H,36,37,40). The van der Waals surface area contributed by atoms with Crippen LogP contribution in [0.25, 0.3) is 28.3 Å². The number of hydrogen-bond acceptors (Lipinski definition) is 5. The van der Waals surface area contributed by atoms with Gasteiger partial charge in [-0.2, -0.15) is 31.4 Å². The summed E-state index contributed by atoms with van der Waals surface area (Å²) in [4.78, 5) is 33.3. The first-order valence-corrected chi connectivity index (χ1v) is 11.6. The van der Waals surface area contributed by atoms with Gasteiger partial charge >= 0.3 is 12.4 Å². The Hall–Kier alpha value is -5.08. The second-order valence-corrected chi connectivity index (χ2v) is 8.64. The quantitative estimate of drug-likeness (QED) is 0.278. The van der Waals surface area contributed by atoms with Crippen molar-refractivity contribution in [3.63, 3.8) is 0 Å². The molecule has 0 aliphatic rings. The average molecular weight is 576 g/mol. The Morgan fingerprint density at radius 2 is 1.68 bits per heavy atom. The molecule has 3 aromatic heterocycles. The molecular formula is C26H15F7N6O2. The predicted octanol–water partition coefficient (Wildman–Crippen LogP) is 5.25. The van der Waals surface area contributed by atoms with Crippen molar-refractivity contribution in [1.29, 1.82) is 0 Å². The molecule has 0 atom stereocenters. The van der Waals surface area contributed by atoms with Gasteiger partial charge in [0.1, 0.15) is 11.6 Å². The Morgan fingerprint density at radius 3 is 2.37 bits per heavy atom. The van der Waals surface area contributed by atoms with E-state index in [4.69, 9.17) is 0 Å². The topological polar surface area (TPSA) is 105 Å². The lowest BCUT2D eigenvalue weighted by atomic mass is 10.0. The van der Waals surface area contributed by atoms with Gasteiger partial charge in [-0.3, -0.25) is 9.59 Å². The van der Waals surface area contributed by atoms with Crippen LogP contribution >= 0.6 is 0 Å². The fraction of sp³-hybridized carbons (Fsp3) is 0.115. The van der Waals surface area contributed by atoms with E-state index < -0.39 is 64.4 Å². The van der Waals surface area contributed by atoms with Crippen molar-refractivity contribution in [3.05, 3.63) is 106 Å². The van der Waals surface area contributed by atoms with Crippen LogP contribution in [0.3, 0.4) is 0 Å². The van der Waals surface area contributed by atoms with E-state index in [-0.39, 0.29) is 11.6 Å². The van der Waals surface area contributed by atoms with Crippen LogP contribution in [-0.4, -0.2) is 30.5 Å². The zero-order valence-electron chi connectivity index (χ0n) is 20.3. The molecule has 0 saturated carbocycles. The molecule has 8 nitrogen and oxygen atoms in total. The molecule has 5 rings (SSSR count). The number of rotatable bonds is 5. The zero-order chi connectivity index (χ0) is 29.5. The molecule has 0 spiro atoms. The number of carbonyl (C=O) groups is 1. The first kappa shape index (κ1) is 27.5. The third-order valence-electron chi connectivity index (χ3n) is 5.93. The van der Waals surface area contributed by atoms with E-state index >= 15 is 4.39 Å². The molecule has 210 valence electrons. The van der Waals surface area contributed by atoms with Gasteiger partial charge in [0.2, 0.25) is 0 Å². The van der Waals surface area contributed by atoms with E-state index in [9.17, 15) is 35.9 Å². The number of nitrogens with one attached hydrogen (secondary N) is 2. The van der Waals surface area contributed by atoms with Crippen LogP contribution in [-0.2, 0) is 18.9 Å². The van der Waals surface area contributed by atoms with Crippen LogP contribution in [0.1, 0.15) is 27.2 Å². The Labute approximate surface area is 224 Å². The maximum atomic E-state index is 15.4. The van der Waals surface area contributed by atoms with E-state index in [1.54, 1.807) is 46.2 Å². The molecule has 0 unspecified atom stereocenters. The van der Waals surface area contributed by atoms with Gasteiger partial charge in [-0.05, 0) is 30.3 Å². The maximum absolute atomic E-state index is 15.4. The van der Waals surface area contributed by atoms with E-state index in [2.05, 4.69) is 20.4 Å². The van der Waals surface area contributed by atoms with Crippen molar-refractivity contribution in [2.24, 2.45) is 0 Å². The fourth-order valence-corrected chi connectivity index (χ4v) is 3.98. The highest BCUT2D eigenvalue weighted by Gasteiger charge is 2.38. The molecule has 5 aromatic rings. The number of aromatic nitrogens is 5. The Bertz CT molecular complexity index is 1830. The second-order valence-electron chi connectivity index (χ2n) is 8.64. The van der Waals surface area contributed by atoms with Crippen molar-refractivity contribution in [2.75, 3.05) is 0 Å². The number of carbonyl (C=O) groups excluding carboxylic acids is 1. The Balaban J connectivity index is 1.41. The normalized spacial score (nSPS) is 12.1. The summed E-state index contributed by atoms with van der Waals surface area (Å²) >= 11 is 0. The highest BCUT2D eigenvalue weighted by Crippen LogP contribution is 2.39. The number of H-pyrrole nitrogens is 1. The van der Waals surface area contributed by atoms with Gasteiger partial charge in [-0.15, -0.1) is 0 Å². The minimum Gasteiger partial charge on any atom is -0.348 e. The predicted molar refractivity (Wildman–Crippen MR) is 130 cm³/mol. The van der Waals surface area contributed by atoms with Gasteiger partial charge in [0.05, 0.1) is 16.8 Å². The molecule has 2 N–H and O–H groups in total. The smallest absolute Gasteiger partial charge is 0.348 e. The molecule has 1 amide bonds. The summed E-state index contributed by atoms with van der Waals surface area (Å²) in [6, 6.07) is 10.8. The number of amides is 1. The molecule has 0 aliphatic heterocycles. The lowest BCUT2D eigenvalue weighted by molar-refractivity contribution is -0.141. The minimum atomic E-state index is -5.20. The van der Waals surface area contributed by atoms with E-state index in [1.165, 1.54) is 12.1 Å². The number of aromatic amines is 1. The highest BCUT2D eigenvalue weighted by molar-refractivity contribution is 5.94. The molecular weight excluding hydrogens is 561 g/mol. The summed E-state index contributed by atoms with van der Waals surface area (Å²) in [5.74, 6) is -3.58. The molecule has 2 aromatic carbocycles. The summed E-state index contributed by atoms with van der Waals surface area (Å²) in [6.45, 7) is -0.625. The van der Waals surface area contributed by atoms with E-state index in [0.717, 1.165) is 6.07 Å². The lowest BCUT2D eigenvalue weighted by Gasteiger charge is -2.17. The third kappa shape index (κ3) is 5.64. The van der Waals surface area contributed by atoms with Crippen LogP contribution in [0.15, 0.2) is 71.8 Å². The van der Waals surface area contributed by atoms with Gasteiger partial charge in [0.25, 0.3) is 11.5 Å². The number of fused-ring (bicyclic) bond motifs is 1. The van der Waals surface area contributed by atoms with Crippen LogP contribution in [0.5, 0.6) is 0 Å². The van der Waals surface area contributed by atoms with Crippen LogP contribution in [0.4, 0.5) is 30.7 Å². The number of alkyl halides is 6. The monoisotopic (exact) mass is 576 g/mol. The van der Waals surface area contributed by atoms with Gasteiger partial charge in [0, 0.05) is 41.7 Å².